The van der Waals surface area contributed by atoms with Crippen molar-refractivity contribution in [1.82, 2.24) is 24.6 Å². The third-order valence-corrected chi connectivity index (χ3v) is 3.53. The van der Waals surface area contributed by atoms with E-state index >= 15 is 0 Å². The highest BCUT2D eigenvalue weighted by Gasteiger charge is 2.15. The Labute approximate surface area is 134 Å². The van der Waals surface area contributed by atoms with Crippen molar-refractivity contribution in [3.8, 4) is 5.82 Å². The largest absolute Gasteiger partial charge is 0.335 e. The second-order valence-corrected chi connectivity index (χ2v) is 5.05. The van der Waals surface area contributed by atoms with Gasteiger partial charge in [0.2, 0.25) is 0 Å². The standard InChI is InChI=1S/C17H17N5O/c1-2-21(11-14-6-4-3-5-7-14)17(23)15-8-9-19-16(10-15)22-13-18-12-20-22/h3-10,12-13H,2,11H2,1H3. The monoisotopic (exact) mass is 307 g/mol. The number of nitrogens with zero attached hydrogens (tertiary/aromatic N) is 5. The average Bonchev–Trinajstić information content (AvgIpc) is 3.15. The first kappa shape index (κ1) is 14.9. The van der Waals surface area contributed by atoms with Gasteiger partial charge in [0.15, 0.2) is 5.82 Å². The van der Waals surface area contributed by atoms with E-state index in [0.29, 0.717) is 24.5 Å². The highest BCUT2D eigenvalue weighted by Crippen LogP contribution is 2.12. The van der Waals surface area contributed by atoms with Crippen LogP contribution in [0.1, 0.15) is 22.8 Å². The minimum Gasteiger partial charge on any atom is -0.335 e. The number of aromatic nitrogens is 4. The van der Waals surface area contributed by atoms with E-state index in [9.17, 15) is 4.79 Å². The van der Waals surface area contributed by atoms with Crippen LogP contribution in [-0.2, 0) is 6.54 Å². The molecule has 3 aromatic rings. The first-order valence-electron chi connectivity index (χ1n) is 7.42. The zero-order valence-corrected chi connectivity index (χ0v) is 12.8. The number of amides is 1. The van der Waals surface area contributed by atoms with Crippen LogP contribution in [0.3, 0.4) is 0 Å². The fraction of sp³-hybridized carbons (Fsp3) is 0.176. The van der Waals surface area contributed by atoms with E-state index in [1.165, 1.54) is 11.0 Å². The van der Waals surface area contributed by atoms with E-state index in [2.05, 4.69) is 15.1 Å². The molecule has 0 N–H and O–H groups in total. The zero-order chi connectivity index (χ0) is 16.1. The summed E-state index contributed by atoms with van der Waals surface area (Å²) in [6.45, 7) is 3.19. The molecule has 0 fully saturated rings. The Hall–Kier alpha value is -3.02. The van der Waals surface area contributed by atoms with Crippen molar-refractivity contribution >= 4 is 5.91 Å². The van der Waals surface area contributed by atoms with Crippen LogP contribution in [0.4, 0.5) is 0 Å². The minimum absolute atomic E-state index is 0.0277. The second-order valence-electron chi connectivity index (χ2n) is 5.05. The van der Waals surface area contributed by atoms with Crippen molar-refractivity contribution in [1.29, 1.82) is 0 Å². The van der Waals surface area contributed by atoms with Crippen LogP contribution in [0.5, 0.6) is 0 Å². The molecular formula is C17H17N5O. The quantitative estimate of drug-likeness (QED) is 0.725. The SMILES string of the molecule is CCN(Cc1ccccc1)C(=O)c1ccnc(-n2cncn2)c1. The molecule has 0 radical (unpaired) electrons. The molecule has 0 aliphatic rings. The first-order valence-corrected chi connectivity index (χ1v) is 7.42. The molecule has 0 spiro atoms. The number of carbonyl (C=O) groups is 1. The van der Waals surface area contributed by atoms with Gasteiger partial charge in [-0.25, -0.2) is 14.6 Å². The molecule has 0 atom stereocenters. The Morgan fingerprint density at radius 2 is 2.04 bits per heavy atom. The molecule has 0 saturated heterocycles. The molecule has 0 unspecified atom stereocenters. The Balaban J connectivity index is 1.82. The molecule has 6 heteroatoms. The van der Waals surface area contributed by atoms with Crippen molar-refractivity contribution in [2.45, 2.75) is 13.5 Å². The highest BCUT2D eigenvalue weighted by atomic mass is 16.2. The maximum absolute atomic E-state index is 12.8. The van der Waals surface area contributed by atoms with E-state index in [0.717, 1.165) is 5.56 Å². The number of hydrogen-bond acceptors (Lipinski definition) is 4. The van der Waals surface area contributed by atoms with Crippen molar-refractivity contribution in [3.05, 3.63) is 72.4 Å². The van der Waals surface area contributed by atoms with Gasteiger partial charge in [0.05, 0.1) is 0 Å². The van der Waals surface area contributed by atoms with Gasteiger partial charge in [0, 0.05) is 24.8 Å². The van der Waals surface area contributed by atoms with Crippen molar-refractivity contribution < 1.29 is 4.79 Å². The molecule has 0 aliphatic heterocycles. The summed E-state index contributed by atoms with van der Waals surface area (Å²) in [5, 5.41) is 4.04. The van der Waals surface area contributed by atoms with Crippen LogP contribution < -0.4 is 0 Å². The Morgan fingerprint density at radius 1 is 1.22 bits per heavy atom. The van der Waals surface area contributed by atoms with Crippen LogP contribution >= 0.6 is 0 Å². The molecule has 2 heterocycles. The smallest absolute Gasteiger partial charge is 0.254 e. The Kier molecular flexibility index (Phi) is 4.42. The summed E-state index contributed by atoms with van der Waals surface area (Å²) in [4.78, 5) is 22.7. The van der Waals surface area contributed by atoms with Gasteiger partial charge in [0.25, 0.3) is 5.91 Å². The molecule has 2 aromatic heterocycles. The zero-order valence-electron chi connectivity index (χ0n) is 12.8. The summed E-state index contributed by atoms with van der Waals surface area (Å²) >= 11 is 0. The lowest BCUT2D eigenvalue weighted by Crippen LogP contribution is -2.30. The van der Waals surface area contributed by atoms with Crippen LogP contribution in [0.25, 0.3) is 5.82 Å². The second kappa shape index (κ2) is 6.83. The number of benzene rings is 1. The molecule has 0 bridgehead atoms. The third kappa shape index (κ3) is 3.42. The molecule has 116 valence electrons. The van der Waals surface area contributed by atoms with Gasteiger partial charge in [-0.2, -0.15) is 5.10 Å². The van der Waals surface area contributed by atoms with Crippen LogP contribution in [0, 0.1) is 0 Å². The predicted octanol–water partition coefficient (Wildman–Crippen LogP) is 2.32. The fourth-order valence-corrected chi connectivity index (χ4v) is 2.32. The molecule has 6 nitrogen and oxygen atoms in total. The molecule has 0 saturated carbocycles. The third-order valence-electron chi connectivity index (χ3n) is 3.53. The minimum atomic E-state index is -0.0277. The number of hydrogen-bond donors (Lipinski definition) is 0. The topological polar surface area (TPSA) is 63.9 Å². The lowest BCUT2D eigenvalue weighted by atomic mass is 10.2. The maximum Gasteiger partial charge on any atom is 0.254 e. The van der Waals surface area contributed by atoms with Crippen LogP contribution in [0.15, 0.2) is 61.3 Å². The number of rotatable bonds is 5. The Bertz CT molecular complexity index is 771. The van der Waals surface area contributed by atoms with Gasteiger partial charge in [-0.05, 0) is 24.6 Å². The maximum atomic E-state index is 12.8. The number of carbonyl (C=O) groups excluding carboxylic acids is 1. The molecular weight excluding hydrogens is 290 g/mol. The van der Waals surface area contributed by atoms with Gasteiger partial charge < -0.3 is 4.90 Å². The summed E-state index contributed by atoms with van der Waals surface area (Å²) in [6, 6.07) is 13.4. The summed E-state index contributed by atoms with van der Waals surface area (Å²) < 4.78 is 1.53. The number of pyridine rings is 1. The fourth-order valence-electron chi connectivity index (χ4n) is 2.32. The summed E-state index contributed by atoms with van der Waals surface area (Å²) in [7, 11) is 0. The summed E-state index contributed by atoms with van der Waals surface area (Å²) in [6.07, 6.45) is 4.60. The van der Waals surface area contributed by atoms with Gasteiger partial charge in [-0.3, -0.25) is 4.79 Å². The lowest BCUT2D eigenvalue weighted by Gasteiger charge is -2.21. The van der Waals surface area contributed by atoms with Crippen LogP contribution in [-0.4, -0.2) is 37.1 Å². The van der Waals surface area contributed by atoms with Gasteiger partial charge in [-0.1, -0.05) is 30.3 Å². The van der Waals surface area contributed by atoms with E-state index in [-0.39, 0.29) is 5.91 Å². The van der Waals surface area contributed by atoms with Crippen molar-refractivity contribution in [2.24, 2.45) is 0 Å². The highest BCUT2D eigenvalue weighted by molar-refractivity contribution is 5.94. The van der Waals surface area contributed by atoms with Gasteiger partial charge in [0.1, 0.15) is 12.7 Å². The lowest BCUT2D eigenvalue weighted by molar-refractivity contribution is 0.0752. The molecule has 23 heavy (non-hydrogen) atoms. The molecule has 0 aliphatic carbocycles. The van der Waals surface area contributed by atoms with Crippen molar-refractivity contribution in [2.75, 3.05) is 6.54 Å². The summed E-state index contributed by atoms with van der Waals surface area (Å²) in [5.74, 6) is 0.546. The van der Waals surface area contributed by atoms with E-state index in [1.807, 2.05) is 37.3 Å². The molecule has 3 rings (SSSR count). The van der Waals surface area contributed by atoms with E-state index in [1.54, 1.807) is 29.6 Å². The Morgan fingerprint density at radius 3 is 2.74 bits per heavy atom. The first-order chi connectivity index (χ1) is 11.3. The normalized spacial score (nSPS) is 10.5. The van der Waals surface area contributed by atoms with E-state index in [4.69, 9.17) is 0 Å². The average molecular weight is 307 g/mol. The van der Waals surface area contributed by atoms with Crippen molar-refractivity contribution in [3.63, 3.8) is 0 Å². The van der Waals surface area contributed by atoms with Gasteiger partial charge in [-0.15, -0.1) is 0 Å². The summed E-state index contributed by atoms with van der Waals surface area (Å²) in [5.41, 5.74) is 1.69. The van der Waals surface area contributed by atoms with Crippen LogP contribution in [0.2, 0.25) is 0 Å². The molecule has 1 aromatic carbocycles. The predicted molar refractivity (Wildman–Crippen MR) is 86.0 cm³/mol. The van der Waals surface area contributed by atoms with E-state index < -0.39 is 0 Å². The van der Waals surface area contributed by atoms with Gasteiger partial charge >= 0.3 is 0 Å². The molecule has 1 amide bonds.